The van der Waals surface area contributed by atoms with Crippen LogP contribution in [-0.2, 0) is 0 Å². The summed E-state index contributed by atoms with van der Waals surface area (Å²) in [6.07, 6.45) is 3.67. The van der Waals surface area contributed by atoms with E-state index >= 15 is 0 Å². The Labute approximate surface area is 101 Å². The van der Waals surface area contributed by atoms with Crippen molar-refractivity contribution in [1.82, 2.24) is 4.98 Å². The standard InChI is InChI=1S/C11H14N4.ClH/c12-8-9-2-1-5-14-11(9)15-6-3-10(13)4-7-15;/h1-2,5,10H,3-4,6-7,13H2;1H. The first-order valence-corrected chi connectivity index (χ1v) is 5.17. The topological polar surface area (TPSA) is 65.9 Å². The zero-order chi connectivity index (χ0) is 10.7. The van der Waals surface area contributed by atoms with Crippen molar-refractivity contribution in [2.75, 3.05) is 18.0 Å². The predicted octanol–water partition coefficient (Wildman–Crippen LogP) is 1.30. The number of nitrogens with two attached hydrogens (primary N) is 1. The predicted molar refractivity (Wildman–Crippen MR) is 65.6 cm³/mol. The number of piperidine rings is 1. The summed E-state index contributed by atoms with van der Waals surface area (Å²) in [5.74, 6) is 0.798. The van der Waals surface area contributed by atoms with Gasteiger partial charge >= 0.3 is 0 Å². The van der Waals surface area contributed by atoms with Crippen molar-refractivity contribution >= 4 is 18.2 Å². The lowest BCUT2D eigenvalue weighted by Gasteiger charge is -2.31. The lowest BCUT2D eigenvalue weighted by Crippen LogP contribution is -2.40. The molecule has 1 aliphatic heterocycles. The Bertz CT molecular complexity index is 380. The van der Waals surface area contributed by atoms with Gasteiger partial charge in [0.2, 0.25) is 0 Å². The van der Waals surface area contributed by atoms with Gasteiger partial charge in [0.1, 0.15) is 11.9 Å². The van der Waals surface area contributed by atoms with Crippen LogP contribution < -0.4 is 10.6 Å². The Hall–Kier alpha value is -1.31. The number of anilines is 1. The van der Waals surface area contributed by atoms with Gasteiger partial charge in [-0.3, -0.25) is 0 Å². The molecule has 0 amide bonds. The molecule has 2 N–H and O–H groups in total. The van der Waals surface area contributed by atoms with E-state index in [2.05, 4.69) is 16.0 Å². The van der Waals surface area contributed by atoms with Crippen LogP contribution in [0.5, 0.6) is 0 Å². The minimum absolute atomic E-state index is 0. The summed E-state index contributed by atoms with van der Waals surface area (Å²) in [6, 6.07) is 6.06. The van der Waals surface area contributed by atoms with Crippen molar-refractivity contribution in [3.63, 3.8) is 0 Å². The molecule has 4 nitrogen and oxygen atoms in total. The average Bonchev–Trinajstić information content (AvgIpc) is 2.30. The molecular formula is C11H15ClN4. The number of hydrogen-bond acceptors (Lipinski definition) is 4. The number of hydrogen-bond donors (Lipinski definition) is 1. The molecule has 0 aliphatic carbocycles. The van der Waals surface area contributed by atoms with Gasteiger partial charge in [-0.05, 0) is 25.0 Å². The molecule has 1 saturated heterocycles. The summed E-state index contributed by atoms with van der Waals surface area (Å²) >= 11 is 0. The molecule has 0 radical (unpaired) electrons. The quantitative estimate of drug-likeness (QED) is 0.801. The second kappa shape index (κ2) is 5.69. The second-order valence-electron chi connectivity index (χ2n) is 3.81. The molecule has 1 aliphatic rings. The molecule has 1 aromatic heterocycles. The number of nitrogens with zero attached hydrogens (tertiary/aromatic N) is 3. The molecule has 0 saturated carbocycles. The average molecular weight is 239 g/mol. The lowest BCUT2D eigenvalue weighted by atomic mass is 10.1. The number of aromatic nitrogens is 1. The highest BCUT2D eigenvalue weighted by Gasteiger charge is 2.19. The monoisotopic (exact) mass is 238 g/mol. The van der Waals surface area contributed by atoms with Crippen LogP contribution in [0.1, 0.15) is 18.4 Å². The Morgan fingerprint density at radius 1 is 1.44 bits per heavy atom. The highest BCUT2D eigenvalue weighted by Crippen LogP contribution is 2.20. The minimum Gasteiger partial charge on any atom is -0.355 e. The Kier molecular flexibility index (Phi) is 4.53. The number of nitriles is 1. The maximum absolute atomic E-state index is 8.96. The molecule has 0 spiro atoms. The molecule has 86 valence electrons. The molecule has 2 rings (SSSR count). The minimum atomic E-state index is 0. The molecule has 0 unspecified atom stereocenters. The Balaban J connectivity index is 0.00000128. The third-order valence-electron chi connectivity index (χ3n) is 2.75. The zero-order valence-corrected chi connectivity index (χ0v) is 9.78. The van der Waals surface area contributed by atoms with Crippen LogP contribution in [0.15, 0.2) is 18.3 Å². The van der Waals surface area contributed by atoms with Gasteiger partial charge in [-0.2, -0.15) is 5.26 Å². The molecule has 1 aromatic rings. The summed E-state index contributed by atoms with van der Waals surface area (Å²) in [5.41, 5.74) is 6.48. The van der Waals surface area contributed by atoms with Crippen LogP contribution in [-0.4, -0.2) is 24.1 Å². The Morgan fingerprint density at radius 2 is 2.12 bits per heavy atom. The molecule has 0 aromatic carbocycles. The van der Waals surface area contributed by atoms with Gasteiger partial charge in [0.05, 0.1) is 5.56 Å². The van der Waals surface area contributed by atoms with Crippen LogP contribution in [0, 0.1) is 11.3 Å². The molecule has 2 heterocycles. The normalized spacial score (nSPS) is 16.4. The van der Waals surface area contributed by atoms with Gasteiger partial charge in [-0.15, -0.1) is 12.4 Å². The summed E-state index contributed by atoms with van der Waals surface area (Å²) in [4.78, 5) is 6.40. The molecule has 0 bridgehead atoms. The van der Waals surface area contributed by atoms with E-state index in [1.807, 2.05) is 0 Å². The van der Waals surface area contributed by atoms with Crippen LogP contribution in [0.25, 0.3) is 0 Å². The third kappa shape index (κ3) is 2.63. The first-order chi connectivity index (χ1) is 7.31. The van der Waals surface area contributed by atoms with Crippen molar-refractivity contribution in [1.29, 1.82) is 5.26 Å². The summed E-state index contributed by atoms with van der Waals surface area (Å²) in [5, 5.41) is 8.96. The van der Waals surface area contributed by atoms with E-state index in [9.17, 15) is 0 Å². The summed E-state index contributed by atoms with van der Waals surface area (Å²) in [6.45, 7) is 1.79. The third-order valence-corrected chi connectivity index (χ3v) is 2.75. The van der Waals surface area contributed by atoms with Gasteiger partial charge in [-0.25, -0.2) is 4.98 Å². The highest BCUT2D eigenvalue weighted by molar-refractivity contribution is 5.85. The van der Waals surface area contributed by atoms with Crippen LogP contribution in [0.3, 0.4) is 0 Å². The molecule has 1 fully saturated rings. The maximum Gasteiger partial charge on any atom is 0.146 e. The van der Waals surface area contributed by atoms with Crippen molar-refractivity contribution < 1.29 is 0 Å². The molecular weight excluding hydrogens is 224 g/mol. The van der Waals surface area contributed by atoms with E-state index in [1.54, 1.807) is 18.3 Å². The van der Waals surface area contributed by atoms with Gasteiger partial charge in [0.15, 0.2) is 0 Å². The molecule has 0 atom stereocenters. The van der Waals surface area contributed by atoms with E-state index in [1.165, 1.54) is 0 Å². The number of rotatable bonds is 1. The SMILES string of the molecule is Cl.N#Cc1cccnc1N1CCC(N)CC1. The molecule has 5 heteroatoms. The van der Waals surface area contributed by atoms with Gasteiger partial charge in [-0.1, -0.05) is 0 Å². The van der Waals surface area contributed by atoms with Crippen LogP contribution >= 0.6 is 12.4 Å². The van der Waals surface area contributed by atoms with Crippen LogP contribution in [0.2, 0.25) is 0 Å². The van der Waals surface area contributed by atoms with Crippen molar-refractivity contribution in [2.45, 2.75) is 18.9 Å². The van der Waals surface area contributed by atoms with E-state index < -0.39 is 0 Å². The number of halogens is 1. The second-order valence-corrected chi connectivity index (χ2v) is 3.81. The van der Waals surface area contributed by atoms with E-state index in [-0.39, 0.29) is 12.4 Å². The fraction of sp³-hybridized carbons (Fsp3) is 0.455. The van der Waals surface area contributed by atoms with Gasteiger partial charge < -0.3 is 10.6 Å². The summed E-state index contributed by atoms with van der Waals surface area (Å²) in [7, 11) is 0. The van der Waals surface area contributed by atoms with Crippen molar-refractivity contribution in [3.05, 3.63) is 23.9 Å². The number of pyridine rings is 1. The fourth-order valence-electron chi connectivity index (χ4n) is 1.85. The van der Waals surface area contributed by atoms with E-state index in [0.717, 1.165) is 31.7 Å². The maximum atomic E-state index is 8.96. The van der Waals surface area contributed by atoms with Gasteiger partial charge in [0.25, 0.3) is 0 Å². The first-order valence-electron chi connectivity index (χ1n) is 5.17. The smallest absolute Gasteiger partial charge is 0.146 e. The Morgan fingerprint density at radius 3 is 2.75 bits per heavy atom. The van der Waals surface area contributed by atoms with E-state index in [4.69, 9.17) is 11.0 Å². The highest BCUT2D eigenvalue weighted by atomic mass is 35.5. The molecule has 16 heavy (non-hydrogen) atoms. The largest absolute Gasteiger partial charge is 0.355 e. The first kappa shape index (κ1) is 12.8. The lowest BCUT2D eigenvalue weighted by molar-refractivity contribution is 0.498. The zero-order valence-electron chi connectivity index (χ0n) is 8.97. The summed E-state index contributed by atoms with van der Waals surface area (Å²) < 4.78 is 0. The van der Waals surface area contributed by atoms with Crippen molar-refractivity contribution in [2.24, 2.45) is 5.73 Å². The van der Waals surface area contributed by atoms with Gasteiger partial charge in [0, 0.05) is 25.3 Å². The van der Waals surface area contributed by atoms with E-state index in [0.29, 0.717) is 11.6 Å². The van der Waals surface area contributed by atoms with Crippen molar-refractivity contribution in [3.8, 4) is 6.07 Å². The fourth-order valence-corrected chi connectivity index (χ4v) is 1.85. The van der Waals surface area contributed by atoms with Crippen LogP contribution in [0.4, 0.5) is 5.82 Å².